The first kappa shape index (κ1) is 21.6. The molecular weight excluding hydrogens is 473 g/mol. The molecule has 2 aromatic carbocycles. The minimum Gasteiger partial charge on any atom is -0.336 e. The summed E-state index contributed by atoms with van der Waals surface area (Å²) in [6.45, 7) is 0.258. The second-order valence-corrected chi connectivity index (χ2v) is 9.50. The topological polar surface area (TPSA) is 57.7 Å². The maximum atomic E-state index is 13.7. The second-order valence-electron chi connectivity index (χ2n) is 5.99. The molecule has 1 aliphatic heterocycles. The average molecular weight is 486 g/mol. The van der Waals surface area contributed by atoms with Crippen LogP contribution in [0.5, 0.6) is 0 Å². The van der Waals surface area contributed by atoms with E-state index in [-0.39, 0.29) is 56.7 Å². The van der Waals surface area contributed by atoms with Gasteiger partial charge in [-0.05, 0) is 24.3 Å². The molecule has 0 spiro atoms. The zero-order chi connectivity index (χ0) is 20.6. The number of carbonyl (C=O) groups is 1. The summed E-state index contributed by atoms with van der Waals surface area (Å²) >= 11 is 23.7. The second kappa shape index (κ2) is 8.34. The number of sulfonamides is 1. The van der Waals surface area contributed by atoms with Gasteiger partial charge in [0.1, 0.15) is 10.7 Å². The Balaban J connectivity index is 1.78. The Morgan fingerprint density at radius 3 is 2.04 bits per heavy atom. The Morgan fingerprint density at radius 2 is 1.46 bits per heavy atom. The van der Waals surface area contributed by atoms with E-state index in [1.807, 2.05) is 0 Å². The minimum absolute atomic E-state index is 0.0225. The van der Waals surface area contributed by atoms with Crippen LogP contribution in [0.4, 0.5) is 4.39 Å². The molecule has 1 saturated heterocycles. The predicted molar refractivity (Wildman–Crippen MR) is 108 cm³/mol. The number of halogens is 5. The Bertz CT molecular complexity index is 1020. The number of hydrogen-bond acceptors (Lipinski definition) is 3. The molecule has 0 radical (unpaired) electrons. The normalized spacial score (nSPS) is 15.7. The number of carbonyl (C=O) groups excluding carboxylic acids is 1. The van der Waals surface area contributed by atoms with E-state index >= 15 is 0 Å². The third-order valence-electron chi connectivity index (χ3n) is 4.28. The summed E-state index contributed by atoms with van der Waals surface area (Å²) in [5.41, 5.74) is -0.0333. The zero-order valence-electron chi connectivity index (χ0n) is 14.1. The van der Waals surface area contributed by atoms with Gasteiger partial charge < -0.3 is 4.90 Å². The van der Waals surface area contributed by atoms with Gasteiger partial charge in [-0.25, -0.2) is 12.8 Å². The molecule has 28 heavy (non-hydrogen) atoms. The van der Waals surface area contributed by atoms with Crippen LogP contribution in [0.1, 0.15) is 10.4 Å². The molecule has 1 fully saturated rings. The number of amides is 1. The first-order valence-electron chi connectivity index (χ1n) is 8.01. The van der Waals surface area contributed by atoms with Crippen LogP contribution < -0.4 is 0 Å². The SMILES string of the molecule is O=C(c1cc(F)c(Cl)cc1Cl)N1CCN(S(=O)(=O)c2c(Cl)cccc2Cl)CC1. The highest BCUT2D eigenvalue weighted by molar-refractivity contribution is 7.89. The van der Waals surface area contributed by atoms with Crippen LogP contribution in [0.3, 0.4) is 0 Å². The lowest BCUT2D eigenvalue weighted by molar-refractivity contribution is 0.0697. The van der Waals surface area contributed by atoms with Gasteiger partial charge >= 0.3 is 0 Å². The molecule has 1 heterocycles. The van der Waals surface area contributed by atoms with Crippen molar-refractivity contribution in [2.45, 2.75) is 4.90 Å². The molecule has 0 aliphatic carbocycles. The molecule has 1 amide bonds. The van der Waals surface area contributed by atoms with Gasteiger partial charge in [-0.2, -0.15) is 4.31 Å². The highest BCUT2D eigenvalue weighted by Crippen LogP contribution is 2.32. The van der Waals surface area contributed by atoms with E-state index in [4.69, 9.17) is 46.4 Å². The number of nitrogens with zero attached hydrogens (tertiary/aromatic N) is 2. The van der Waals surface area contributed by atoms with Crippen molar-refractivity contribution < 1.29 is 17.6 Å². The van der Waals surface area contributed by atoms with Crippen LogP contribution >= 0.6 is 46.4 Å². The number of hydrogen-bond donors (Lipinski definition) is 0. The zero-order valence-corrected chi connectivity index (χ0v) is 18.0. The van der Waals surface area contributed by atoms with Crippen molar-refractivity contribution in [1.29, 1.82) is 0 Å². The van der Waals surface area contributed by atoms with Crippen molar-refractivity contribution in [3.8, 4) is 0 Å². The predicted octanol–water partition coefficient (Wildman–Crippen LogP) is 4.59. The number of rotatable bonds is 3. The lowest BCUT2D eigenvalue weighted by atomic mass is 10.1. The van der Waals surface area contributed by atoms with E-state index in [1.165, 1.54) is 21.3 Å². The van der Waals surface area contributed by atoms with Gasteiger partial charge in [-0.1, -0.05) is 52.5 Å². The Morgan fingerprint density at radius 1 is 0.893 bits per heavy atom. The van der Waals surface area contributed by atoms with Crippen LogP contribution in [0, 0.1) is 5.82 Å². The van der Waals surface area contributed by atoms with Crippen molar-refractivity contribution >= 4 is 62.3 Å². The molecule has 0 unspecified atom stereocenters. The number of benzene rings is 2. The smallest absolute Gasteiger partial charge is 0.255 e. The summed E-state index contributed by atoms with van der Waals surface area (Å²) in [5, 5.41) is -0.118. The summed E-state index contributed by atoms with van der Waals surface area (Å²) in [6, 6.07) is 6.56. The standard InChI is InChI=1S/C17H13Cl4FN2O3S/c18-11-2-1-3-12(19)16(11)28(26,27)24-6-4-23(5-7-24)17(25)10-8-15(22)14(21)9-13(10)20/h1-3,8-9H,4-7H2. The molecule has 0 saturated carbocycles. The van der Waals surface area contributed by atoms with Gasteiger partial charge in [-0.3, -0.25) is 4.79 Å². The monoisotopic (exact) mass is 484 g/mol. The fourth-order valence-electron chi connectivity index (χ4n) is 2.85. The van der Waals surface area contributed by atoms with Crippen LogP contribution in [0.25, 0.3) is 0 Å². The van der Waals surface area contributed by atoms with Crippen molar-refractivity contribution in [1.82, 2.24) is 9.21 Å². The van der Waals surface area contributed by atoms with Gasteiger partial charge in [0.2, 0.25) is 10.0 Å². The van der Waals surface area contributed by atoms with E-state index in [0.717, 1.165) is 12.1 Å². The number of piperazine rings is 1. The quantitative estimate of drug-likeness (QED) is 0.597. The van der Waals surface area contributed by atoms with Gasteiger partial charge in [-0.15, -0.1) is 0 Å². The molecule has 150 valence electrons. The summed E-state index contributed by atoms with van der Waals surface area (Å²) in [5.74, 6) is -1.27. The Hall–Kier alpha value is -1.09. The highest BCUT2D eigenvalue weighted by atomic mass is 35.5. The van der Waals surface area contributed by atoms with E-state index in [9.17, 15) is 17.6 Å². The van der Waals surface area contributed by atoms with E-state index in [0.29, 0.717) is 0 Å². The van der Waals surface area contributed by atoms with Crippen molar-refractivity contribution in [3.63, 3.8) is 0 Å². The first-order chi connectivity index (χ1) is 13.1. The summed E-state index contributed by atoms with van der Waals surface area (Å²) in [6.07, 6.45) is 0. The van der Waals surface area contributed by atoms with Crippen molar-refractivity contribution in [2.24, 2.45) is 0 Å². The lowest BCUT2D eigenvalue weighted by Gasteiger charge is -2.34. The molecule has 2 aromatic rings. The summed E-state index contributed by atoms with van der Waals surface area (Å²) in [7, 11) is -3.93. The molecular formula is C17H13Cl4FN2O3S. The van der Waals surface area contributed by atoms with Gasteiger partial charge in [0.15, 0.2) is 0 Å². The van der Waals surface area contributed by atoms with E-state index < -0.39 is 21.7 Å². The van der Waals surface area contributed by atoms with Gasteiger partial charge in [0, 0.05) is 26.2 Å². The minimum atomic E-state index is -3.93. The molecule has 1 aliphatic rings. The van der Waals surface area contributed by atoms with Gasteiger partial charge in [0.25, 0.3) is 5.91 Å². The Kier molecular flexibility index (Phi) is 6.44. The van der Waals surface area contributed by atoms with Gasteiger partial charge in [0.05, 0.1) is 25.7 Å². The average Bonchev–Trinajstić information content (AvgIpc) is 2.64. The summed E-state index contributed by atoms with van der Waals surface area (Å²) < 4.78 is 40.7. The molecule has 3 rings (SSSR count). The molecule has 0 aromatic heterocycles. The first-order valence-corrected chi connectivity index (χ1v) is 11.0. The van der Waals surface area contributed by atoms with Crippen LogP contribution in [0.2, 0.25) is 20.1 Å². The third-order valence-corrected chi connectivity index (χ3v) is 7.74. The largest absolute Gasteiger partial charge is 0.336 e. The fourth-order valence-corrected chi connectivity index (χ4v) is 5.82. The van der Waals surface area contributed by atoms with E-state index in [1.54, 1.807) is 6.07 Å². The molecule has 11 heteroatoms. The molecule has 0 N–H and O–H groups in total. The summed E-state index contributed by atoms with van der Waals surface area (Å²) in [4.78, 5) is 13.9. The van der Waals surface area contributed by atoms with Crippen molar-refractivity contribution in [2.75, 3.05) is 26.2 Å². The highest BCUT2D eigenvalue weighted by Gasteiger charge is 2.33. The van der Waals surface area contributed by atoms with Crippen molar-refractivity contribution in [3.05, 3.63) is 61.8 Å². The van der Waals surface area contributed by atoms with E-state index in [2.05, 4.69) is 0 Å². The third kappa shape index (κ3) is 4.10. The Labute approximate surface area is 181 Å². The maximum absolute atomic E-state index is 13.7. The molecule has 5 nitrogen and oxygen atoms in total. The lowest BCUT2D eigenvalue weighted by Crippen LogP contribution is -2.50. The fraction of sp³-hybridized carbons (Fsp3) is 0.235. The maximum Gasteiger partial charge on any atom is 0.255 e. The molecule has 0 bridgehead atoms. The molecule has 0 atom stereocenters. The van der Waals surface area contributed by atoms with Crippen LogP contribution in [-0.2, 0) is 10.0 Å². The van der Waals surface area contributed by atoms with Crippen LogP contribution in [0.15, 0.2) is 35.2 Å². The van der Waals surface area contributed by atoms with Crippen LogP contribution in [-0.4, -0.2) is 49.7 Å².